The fourth-order valence-corrected chi connectivity index (χ4v) is 3.10. The van der Waals surface area contributed by atoms with Crippen molar-refractivity contribution in [3.63, 3.8) is 0 Å². The van der Waals surface area contributed by atoms with E-state index in [0.29, 0.717) is 12.6 Å². The van der Waals surface area contributed by atoms with Gasteiger partial charge in [0.25, 0.3) is 0 Å². The van der Waals surface area contributed by atoms with Crippen LogP contribution in [0.5, 0.6) is 0 Å². The van der Waals surface area contributed by atoms with Crippen LogP contribution >= 0.6 is 11.3 Å². The number of methoxy groups -OCH3 is 1. The number of thiazole rings is 1. The Balaban J connectivity index is 2.09. The van der Waals surface area contributed by atoms with Crippen LogP contribution in [0, 0.1) is 0 Å². The zero-order valence-corrected chi connectivity index (χ0v) is 12.2. The molecule has 1 fully saturated rings. The molecule has 0 spiro atoms. The van der Waals surface area contributed by atoms with Crippen LogP contribution in [0.2, 0.25) is 0 Å². The summed E-state index contributed by atoms with van der Waals surface area (Å²) in [6.45, 7) is 6.61. The van der Waals surface area contributed by atoms with Crippen molar-refractivity contribution in [1.82, 2.24) is 10.3 Å². The molecule has 102 valence electrons. The molecule has 18 heavy (non-hydrogen) atoms. The largest absolute Gasteiger partial charge is 0.378 e. The Hall–Kier alpha value is -0.490. The molecule has 0 saturated carbocycles. The number of aromatic nitrogens is 1. The number of ether oxygens (including phenoxy) is 2. The monoisotopic (exact) mass is 270 g/mol. The molecule has 5 heteroatoms. The summed E-state index contributed by atoms with van der Waals surface area (Å²) in [5.41, 5.74) is 1.06. The summed E-state index contributed by atoms with van der Waals surface area (Å²) >= 11 is 1.76. The highest BCUT2D eigenvalue weighted by molar-refractivity contribution is 7.11. The predicted octanol–water partition coefficient (Wildman–Crippen LogP) is 2.64. The maximum atomic E-state index is 5.70. The molecule has 2 rings (SSSR count). The molecular formula is C13H22N2O2S. The van der Waals surface area contributed by atoms with Gasteiger partial charge in [-0.15, -0.1) is 11.3 Å². The van der Waals surface area contributed by atoms with Crippen LogP contribution in [0.25, 0.3) is 0 Å². The lowest BCUT2D eigenvalue weighted by atomic mass is 10.2. The molecule has 0 bridgehead atoms. The average molecular weight is 270 g/mol. The van der Waals surface area contributed by atoms with Crippen molar-refractivity contribution in [1.29, 1.82) is 0 Å². The van der Waals surface area contributed by atoms with Crippen molar-refractivity contribution in [3.05, 3.63) is 15.6 Å². The molecule has 4 nitrogen and oxygen atoms in total. The summed E-state index contributed by atoms with van der Waals surface area (Å²) in [6.07, 6.45) is 2.44. The first-order valence-electron chi connectivity index (χ1n) is 6.53. The Morgan fingerprint density at radius 2 is 2.39 bits per heavy atom. The Bertz CT molecular complexity index is 373. The first-order valence-corrected chi connectivity index (χ1v) is 7.34. The fraction of sp³-hybridized carbons (Fsp3) is 0.769. The van der Waals surface area contributed by atoms with Crippen molar-refractivity contribution in [3.8, 4) is 0 Å². The highest BCUT2D eigenvalue weighted by Gasteiger charge is 2.23. The number of nitrogens with one attached hydrogen (secondary N) is 1. The summed E-state index contributed by atoms with van der Waals surface area (Å²) in [7, 11) is 1.71. The van der Waals surface area contributed by atoms with Gasteiger partial charge in [0, 0.05) is 31.2 Å². The Morgan fingerprint density at radius 1 is 1.56 bits per heavy atom. The van der Waals surface area contributed by atoms with Crippen molar-refractivity contribution in [2.24, 2.45) is 0 Å². The van der Waals surface area contributed by atoms with Crippen LogP contribution in [-0.2, 0) is 22.6 Å². The van der Waals surface area contributed by atoms with E-state index < -0.39 is 0 Å². The molecule has 1 unspecified atom stereocenters. The summed E-state index contributed by atoms with van der Waals surface area (Å²) in [5, 5.41) is 4.55. The van der Waals surface area contributed by atoms with Gasteiger partial charge in [-0.2, -0.15) is 0 Å². The lowest BCUT2D eigenvalue weighted by Crippen LogP contribution is -2.21. The molecule has 1 atom stereocenters. The molecular weight excluding hydrogens is 248 g/mol. The van der Waals surface area contributed by atoms with Gasteiger partial charge in [0.05, 0.1) is 12.3 Å². The molecule has 0 aromatic carbocycles. The van der Waals surface area contributed by atoms with E-state index in [9.17, 15) is 0 Å². The first-order chi connectivity index (χ1) is 8.70. The van der Waals surface area contributed by atoms with Gasteiger partial charge < -0.3 is 14.8 Å². The minimum Gasteiger partial charge on any atom is -0.378 e. The Morgan fingerprint density at radius 3 is 3.00 bits per heavy atom. The zero-order chi connectivity index (χ0) is 13.0. The van der Waals surface area contributed by atoms with Crippen molar-refractivity contribution in [2.45, 2.75) is 52.0 Å². The molecule has 0 amide bonds. The van der Waals surface area contributed by atoms with Crippen molar-refractivity contribution in [2.75, 3.05) is 13.7 Å². The molecule has 1 aliphatic rings. The van der Waals surface area contributed by atoms with Crippen LogP contribution in [0.3, 0.4) is 0 Å². The maximum absolute atomic E-state index is 5.70. The third-order valence-electron chi connectivity index (χ3n) is 2.95. The number of hydrogen-bond donors (Lipinski definition) is 1. The minimum absolute atomic E-state index is 0.207. The highest BCUT2D eigenvalue weighted by atomic mass is 32.1. The van der Waals surface area contributed by atoms with E-state index in [1.54, 1.807) is 18.4 Å². The standard InChI is InChI=1S/C13H22N2O2S/c1-9(2)14-7-12-10(8-16-3)15-13(18-12)11-5-4-6-17-11/h9,11,14H,4-8H2,1-3H3. The van der Waals surface area contributed by atoms with E-state index in [1.165, 1.54) is 4.88 Å². The minimum atomic E-state index is 0.207. The SMILES string of the molecule is COCc1nc(C2CCCO2)sc1CNC(C)C. The average Bonchev–Trinajstić information content (AvgIpc) is 2.95. The molecule has 1 aromatic heterocycles. The van der Waals surface area contributed by atoms with Gasteiger partial charge in [0.1, 0.15) is 11.1 Å². The topological polar surface area (TPSA) is 43.4 Å². The third kappa shape index (κ3) is 3.51. The van der Waals surface area contributed by atoms with Gasteiger partial charge in [0.15, 0.2) is 0 Å². The van der Waals surface area contributed by atoms with Crippen LogP contribution in [0.15, 0.2) is 0 Å². The van der Waals surface area contributed by atoms with Gasteiger partial charge in [-0.25, -0.2) is 4.98 Å². The number of hydrogen-bond acceptors (Lipinski definition) is 5. The van der Waals surface area contributed by atoms with E-state index in [-0.39, 0.29) is 6.10 Å². The van der Waals surface area contributed by atoms with Crippen molar-refractivity contribution < 1.29 is 9.47 Å². The molecule has 1 N–H and O–H groups in total. The zero-order valence-electron chi connectivity index (χ0n) is 11.4. The van der Waals surface area contributed by atoms with Crippen LogP contribution in [-0.4, -0.2) is 24.7 Å². The number of nitrogens with zero attached hydrogens (tertiary/aromatic N) is 1. The smallest absolute Gasteiger partial charge is 0.122 e. The van der Waals surface area contributed by atoms with Crippen LogP contribution in [0.1, 0.15) is 48.4 Å². The van der Waals surface area contributed by atoms with E-state index in [1.807, 2.05) is 0 Å². The van der Waals surface area contributed by atoms with E-state index >= 15 is 0 Å². The van der Waals surface area contributed by atoms with Crippen LogP contribution in [0.4, 0.5) is 0 Å². The highest BCUT2D eigenvalue weighted by Crippen LogP contribution is 2.33. The van der Waals surface area contributed by atoms with Gasteiger partial charge in [-0.3, -0.25) is 0 Å². The second kappa shape index (κ2) is 6.61. The summed E-state index contributed by atoms with van der Waals surface area (Å²) in [4.78, 5) is 5.96. The lowest BCUT2D eigenvalue weighted by Gasteiger charge is -2.07. The Labute approximate surface area is 113 Å². The maximum Gasteiger partial charge on any atom is 0.122 e. The normalized spacial score (nSPS) is 19.9. The molecule has 0 aliphatic carbocycles. The molecule has 0 radical (unpaired) electrons. The molecule has 2 heterocycles. The van der Waals surface area contributed by atoms with Gasteiger partial charge in [0.2, 0.25) is 0 Å². The molecule has 1 aliphatic heterocycles. The van der Waals surface area contributed by atoms with Crippen molar-refractivity contribution >= 4 is 11.3 Å². The summed E-state index contributed by atoms with van der Waals surface area (Å²) in [6, 6.07) is 0.480. The lowest BCUT2D eigenvalue weighted by molar-refractivity contribution is 0.111. The number of rotatable bonds is 6. The van der Waals surface area contributed by atoms with Gasteiger partial charge >= 0.3 is 0 Å². The van der Waals surface area contributed by atoms with E-state index in [0.717, 1.165) is 36.7 Å². The summed E-state index contributed by atoms with van der Waals surface area (Å²) in [5.74, 6) is 0. The fourth-order valence-electron chi connectivity index (χ4n) is 2.00. The summed E-state index contributed by atoms with van der Waals surface area (Å²) < 4.78 is 10.9. The van der Waals surface area contributed by atoms with Crippen LogP contribution < -0.4 is 5.32 Å². The molecule has 1 saturated heterocycles. The first kappa shape index (κ1) is 13.9. The molecule has 1 aromatic rings. The van der Waals surface area contributed by atoms with Gasteiger partial charge in [-0.1, -0.05) is 13.8 Å². The third-order valence-corrected chi connectivity index (χ3v) is 4.14. The van der Waals surface area contributed by atoms with E-state index in [4.69, 9.17) is 9.47 Å². The quantitative estimate of drug-likeness (QED) is 0.863. The second-order valence-corrected chi connectivity index (χ2v) is 6.01. The second-order valence-electron chi connectivity index (χ2n) is 4.89. The predicted molar refractivity (Wildman–Crippen MR) is 72.7 cm³/mol. The Kier molecular flexibility index (Phi) is 5.12. The van der Waals surface area contributed by atoms with E-state index in [2.05, 4.69) is 24.1 Å². The van der Waals surface area contributed by atoms with Gasteiger partial charge in [-0.05, 0) is 12.8 Å².